The van der Waals surface area contributed by atoms with Gasteiger partial charge in [0.25, 0.3) is 0 Å². The van der Waals surface area contributed by atoms with E-state index in [0.29, 0.717) is 6.04 Å². The number of hydrogen-bond acceptors (Lipinski definition) is 3. The number of likely N-dealkylation sites (N-methyl/N-ethyl adjacent to an activating group) is 1. The molecule has 2 rings (SSSR count). The highest BCUT2D eigenvalue weighted by Gasteiger charge is 2.27. The molecule has 1 unspecified atom stereocenters. The van der Waals surface area contributed by atoms with Crippen molar-refractivity contribution in [2.45, 2.75) is 19.4 Å². The van der Waals surface area contributed by atoms with Crippen molar-refractivity contribution in [2.75, 3.05) is 39.9 Å². The van der Waals surface area contributed by atoms with Crippen LogP contribution in [0, 0.1) is 11.8 Å². The van der Waals surface area contributed by atoms with Gasteiger partial charge in [0.2, 0.25) is 0 Å². The van der Waals surface area contributed by atoms with Crippen molar-refractivity contribution in [3.05, 3.63) is 0 Å². The van der Waals surface area contributed by atoms with Gasteiger partial charge in [-0.15, -0.1) is 0 Å². The van der Waals surface area contributed by atoms with E-state index >= 15 is 0 Å². The fourth-order valence-corrected chi connectivity index (χ4v) is 2.50. The van der Waals surface area contributed by atoms with Crippen molar-refractivity contribution >= 4 is 0 Å². The van der Waals surface area contributed by atoms with Crippen LogP contribution in [0.25, 0.3) is 0 Å². The predicted octanol–water partition coefficient (Wildman–Crippen LogP) is 0.563. The zero-order chi connectivity index (χ0) is 9.97. The molecule has 2 fully saturated rings. The number of nitrogens with one attached hydrogen (secondary N) is 1. The van der Waals surface area contributed by atoms with Crippen LogP contribution in [-0.4, -0.2) is 50.8 Å². The van der Waals surface area contributed by atoms with E-state index < -0.39 is 0 Å². The maximum absolute atomic E-state index is 5.41. The third-order valence-electron chi connectivity index (χ3n) is 3.73. The molecule has 3 atom stereocenters. The van der Waals surface area contributed by atoms with Gasteiger partial charge in [0.15, 0.2) is 0 Å². The molecule has 0 aromatic carbocycles. The largest absolute Gasteiger partial charge is 0.380 e. The Morgan fingerprint density at radius 1 is 1.43 bits per heavy atom. The van der Waals surface area contributed by atoms with Gasteiger partial charge in [-0.25, -0.2) is 0 Å². The second kappa shape index (κ2) is 4.60. The first kappa shape index (κ1) is 10.4. The minimum Gasteiger partial charge on any atom is -0.380 e. The summed E-state index contributed by atoms with van der Waals surface area (Å²) in [6, 6.07) is 0.669. The Balaban J connectivity index is 1.78. The molecule has 82 valence electrons. The molecule has 2 aliphatic heterocycles. The van der Waals surface area contributed by atoms with Gasteiger partial charge in [0.1, 0.15) is 0 Å². The molecular weight excluding hydrogens is 176 g/mol. The van der Waals surface area contributed by atoms with Crippen molar-refractivity contribution in [1.82, 2.24) is 10.2 Å². The lowest BCUT2D eigenvalue weighted by Gasteiger charge is -2.27. The predicted molar refractivity (Wildman–Crippen MR) is 57.4 cm³/mol. The van der Waals surface area contributed by atoms with E-state index in [1.54, 1.807) is 0 Å². The highest BCUT2D eigenvalue weighted by Crippen LogP contribution is 2.19. The molecule has 2 heterocycles. The van der Waals surface area contributed by atoms with Crippen molar-refractivity contribution in [3.8, 4) is 0 Å². The molecule has 0 spiro atoms. The second-order valence-electron chi connectivity index (χ2n) is 4.85. The van der Waals surface area contributed by atoms with Gasteiger partial charge in [-0.05, 0) is 38.4 Å². The Bertz CT molecular complexity index is 180. The summed E-state index contributed by atoms with van der Waals surface area (Å²) in [6.07, 6.45) is 1.21. The van der Waals surface area contributed by atoms with Gasteiger partial charge in [-0.2, -0.15) is 0 Å². The van der Waals surface area contributed by atoms with E-state index in [-0.39, 0.29) is 0 Å². The third-order valence-corrected chi connectivity index (χ3v) is 3.73. The van der Waals surface area contributed by atoms with E-state index in [1.165, 1.54) is 26.1 Å². The molecule has 14 heavy (non-hydrogen) atoms. The first-order chi connectivity index (χ1) is 6.77. The van der Waals surface area contributed by atoms with Crippen LogP contribution < -0.4 is 5.32 Å². The summed E-state index contributed by atoms with van der Waals surface area (Å²) in [7, 11) is 2.24. The molecule has 0 aliphatic carbocycles. The molecule has 0 aromatic rings. The monoisotopic (exact) mass is 198 g/mol. The first-order valence-corrected chi connectivity index (χ1v) is 5.76. The number of rotatable bonds is 3. The topological polar surface area (TPSA) is 24.5 Å². The summed E-state index contributed by atoms with van der Waals surface area (Å²) in [4.78, 5) is 2.49. The first-order valence-electron chi connectivity index (χ1n) is 5.76. The molecular formula is C11H22N2O. The quantitative estimate of drug-likeness (QED) is 0.717. The van der Waals surface area contributed by atoms with Crippen molar-refractivity contribution in [3.63, 3.8) is 0 Å². The van der Waals surface area contributed by atoms with E-state index in [2.05, 4.69) is 24.2 Å². The minimum absolute atomic E-state index is 0.669. The summed E-state index contributed by atoms with van der Waals surface area (Å²) in [6.45, 7) is 7.85. The molecule has 2 saturated heterocycles. The lowest BCUT2D eigenvalue weighted by molar-refractivity contribution is 0.146. The van der Waals surface area contributed by atoms with E-state index in [1.807, 2.05) is 0 Å². The Hall–Kier alpha value is -0.120. The van der Waals surface area contributed by atoms with Crippen LogP contribution in [0.5, 0.6) is 0 Å². The standard InChI is InChI=1S/C11H22N2O/c1-9-5-12-6-10(9)7-13(2)11-3-4-14-8-11/h9-12H,3-8H2,1-2H3/t9-,10+,11?/m1/s1. The Morgan fingerprint density at radius 3 is 2.86 bits per heavy atom. The van der Waals surface area contributed by atoms with Gasteiger partial charge in [-0.3, -0.25) is 0 Å². The van der Waals surface area contributed by atoms with E-state index in [9.17, 15) is 0 Å². The summed E-state index contributed by atoms with van der Waals surface area (Å²) in [5, 5.41) is 3.46. The average Bonchev–Trinajstić information content (AvgIpc) is 2.77. The van der Waals surface area contributed by atoms with Crippen LogP contribution in [0.15, 0.2) is 0 Å². The summed E-state index contributed by atoms with van der Waals surface area (Å²) < 4.78 is 5.41. The average molecular weight is 198 g/mol. The van der Waals surface area contributed by atoms with Gasteiger partial charge in [-0.1, -0.05) is 6.92 Å². The molecule has 3 nitrogen and oxygen atoms in total. The number of ether oxygens (including phenoxy) is 1. The van der Waals surface area contributed by atoms with Crippen molar-refractivity contribution < 1.29 is 4.74 Å². The fourth-order valence-electron chi connectivity index (χ4n) is 2.50. The smallest absolute Gasteiger partial charge is 0.0622 e. The molecule has 0 saturated carbocycles. The Labute approximate surface area is 86.8 Å². The van der Waals surface area contributed by atoms with Crippen molar-refractivity contribution in [2.24, 2.45) is 11.8 Å². The molecule has 0 aromatic heterocycles. The molecule has 0 amide bonds. The summed E-state index contributed by atoms with van der Waals surface area (Å²) >= 11 is 0. The van der Waals surface area contributed by atoms with Crippen LogP contribution in [0.2, 0.25) is 0 Å². The number of nitrogens with zero attached hydrogens (tertiary/aromatic N) is 1. The third kappa shape index (κ3) is 2.27. The van der Waals surface area contributed by atoms with Gasteiger partial charge in [0.05, 0.1) is 6.61 Å². The molecule has 0 radical (unpaired) electrons. The van der Waals surface area contributed by atoms with Crippen LogP contribution >= 0.6 is 0 Å². The second-order valence-corrected chi connectivity index (χ2v) is 4.85. The van der Waals surface area contributed by atoms with E-state index in [4.69, 9.17) is 4.74 Å². The lowest BCUT2D eigenvalue weighted by atomic mass is 9.97. The minimum atomic E-state index is 0.669. The normalized spacial score (nSPS) is 38.4. The lowest BCUT2D eigenvalue weighted by Crippen LogP contribution is -2.37. The van der Waals surface area contributed by atoms with Crippen LogP contribution in [0.3, 0.4) is 0 Å². The SMILES string of the molecule is C[C@@H]1CNC[C@H]1CN(C)C1CCOC1. The van der Waals surface area contributed by atoms with Gasteiger partial charge in [0, 0.05) is 19.2 Å². The molecule has 0 bridgehead atoms. The van der Waals surface area contributed by atoms with Gasteiger partial charge < -0.3 is 15.0 Å². The van der Waals surface area contributed by atoms with Crippen LogP contribution in [0.4, 0.5) is 0 Å². The van der Waals surface area contributed by atoms with Crippen LogP contribution in [-0.2, 0) is 4.74 Å². The highest BCUT2D eigenvalue weighted by atomic mass is 16.5. The molecule has 2 aliphatic rings. The maximum atomic E-state index is 5.41. The zero-order valence-electron chi connectivity index (χ0n) is 9.33. The van der Waals surface area contributed by atoms with Crippen LogP contribution in [0.1, 0.15) is 13.3 Å². The summed E-state index contributed by atoms with van der Waals surface area (Å²) in [5.74, 6) is 1.67. The highest BCUT2D eigenvalue weighted by molar-refractivity contribution is 4.82. The Morgan fingerprint density at radius 2 is 2.29 bits per heavy atom. The number of hydrogen-bond donors (Lipinski definition) is 1. The van der Waals surface area contributed by atoms with Gasteiger partial charge >= 0.3 is 0 Å². The van der Waals surface area contributed by atoms with Crippen molar-refractivity contribution in [1.29, 1.82) is 0 Å². The maximum Gasteiger partial charge on any atom is 0.0622 e. The molecule has 1 N–H and O–H groups in total. The zero-order valence-corrected chi connectivity index (χ0v) is 9.33. The fraction of sp³-hybridized carbons (Fsp3) is 1.00. The van der Waals surface area contributed by atoms with E-state index in [0.717, 1.165) is 25.0 Å². The summed E-state index contributed by atoms with van der Waals surface area (Å²) in [5.41, 5.74) is 0. The molecule has 3 heteroatoms. The Kier molecular flexibility index (Phi) is 3.42.